The Hall–Kier alpha value is 1.85. The molecule has 0 saturated heterocycles. The van der Waals surface area contributed by atoms with E-state index in [-0.39, 0.29) is 0 Å². The van der Waals surface area contributed by atoms with E-state index in [1.165, 1.54) is 0 Å². The Bertz CT molecular complexity index is 758. The van der Waals surface area contributed by atoms with Crippen molar-refractivity contribution in [2.75, 3.05) is 0 Å². The van der Waals surface area contributed by atoms with Crippen LogP contribution in [0.15, 0.2) is 0 Å². The Morgan fingerprint density at radius 2 is 0.526 bits per heavy atom. The highest BCUT2D eigenvalue weighted by molar-refractivity contribution is 7.29. The fourth-order valence-corrected chi connectivity index (χ4v) is 52.5. The van der Waals surface area contributed by atoms with E-state index in [4.69, 9.17) is 32.9 Å². The molecule has 0 saturated carbocycles. The summed E-state index contributed by atoms with van der Waals surface area (Å²) in [6.07, 6.45) is 0. The SMILES string of the molecule is C[SiH](C)O[Si](C)(C)O[Si](C)(C)O[Si](C)(C)O[Si](C)(C)O[Si](C)(C)O[Si](C)(C)O[Si](C)(C)O[Si](C)(C)[SiH](C)C. The summed E-state index contributed by atoms with van der Waals surface area (Å²) >= 11 is 0. The van der Waals surface area contributed by atoms with Gasteiger partial charge in [0.1, 0.15) is 0 Å². The molecule has 18 heteroatoms. The predicted octanol–water partition coefficient (Wildman–Crippen LogP) is 6.79. The molecule has 0 radical (unpaired) electrons. The Balaban J connectivity index is 5.38. The lowest BCUT2D eigenvalue weighted by Gasteiger charge is -2.44. The van der Waals surface area contributed by atoms with Crippen molar-refractivity contribution in [3.8, 4) is 0 Å². The van der Waals surface area contributed by atoms with Gasteiger partial charge in [-0.3, -0.25) is 0 Å². The Kier molecular flexibility index (Phi) is 14.3. The fraction of sp³-hybridized carbons (Fsp3) is 1.00. The van der Waals surface area contributed by atoms with Gasteiger partial charge in [-0.2, -0.15) is 0 Å². The van der Waals surface area contributed by atoms with Crippen LogP contribution >= 0.6 is 0 Å². The lowest BCUT2D eigenvalue weighted by molar-refractivity contribution is 0.261. The minimum Gasteiger partial charge on any atom is -0.440 e. The van der Waals surface area contributed by atoms with Crippen LogP contribution in [-0.2, 0) is 32.9 Å². The third kappa shape index (κ3) is 17.1. The molecule has 0 N–H and O–H groups in total. The zero-order chi connectivity index (χ0) is 30.8. The molecule has 0 aliphatic heterocycles. The first-order chi connectivity index (χ1) is 16.3. The van der Waals surface area contributed by atoms with Crippen molar-refractivity contribution in [3.05, 3.63) is 0 Å². The van der Waals surface area contributed by atoms with E-state index in [1.807, 2.05) is 0 Å². The van der Waals surface area contributed by atoms with Gasteiger partial charge in [0.2, 0.25) is 0 Å². The normalized spacial score (nSPS) is 15.6. The highest BCUT2D eigenvalue weighted by Gasteiger charge is 2.49. The minimum absolute atomic E-state index is 0.872. The summed E-state index contributed by atoms with van der Waals surface area (Å²) < 4.78 is 52.9. The van der Waals surface area contributed by atoms with Crippen LogP contribution in [0, 0.1) is 0 Å². The molecular weight excluding hydrogens is 649 g/mol. The van der Waals surface area contributed by atoms with Crippen LogP contribution in [0.5, 0.6) is 0 Å². The van der Waals surface area contributed by atoms with Crippen molar-refractivity contribution in [2.24, 2.45) is 0 Å². The Morgan fingerprint density at radius 3 is 0.737 bits per heavy atom. The second kappa shape index (κ2) is 13.7. The average molecular weight is 712 g/mol. The zero-order valence-electron chi connectivity index (χ0n) is 28.4. The molecule has 38 heavy (non-hydrogen) atoms. The van der Waals surface area contributed by atoms with Crippen molar-refractivity contribution in [1.82, 2.24) is 0 Å². The molecule has 0 amide bonds. The van der Waals surface area contributed by atoms with Gasteiger partial charge in [0.15, 0.2) is 16.9 Å². The molecule has 0 atom stereocenters. The summed E-state index contributed by atoms with van der Waals surface area (Å²) in [5, 5.41) is 0. The van der Waals surface area contributed by atoms with Crippen molar-refractivity contribution in [3.63, 3.8) is 0 Å². The van der Waals surface area contributed by atoms with Crippen LogP contribution in [0.25, 0.3) is 0 Å². The van der Waals surface area contributed by atoms with Gasteiger partial charge in [0.05, 0.1) is 8.31 Å². The van der Waals surface area contributed by atoms with Gasteiger partial charge in [0.25, 0.3) is 0 Å². The molecule has 8 nitrogen and oxygen atoms in total. The molecule has 0 heterocycles. The Labute approximate surface area is 247 Å². The number of hydrogen-bond donors (Lipinski definition) is 0. The fourth-order valence-electron chi connectivity index (χ4n) is 5.02. The summed E-state index contributed by atoms with van der Waals surface area (Å²) in [5.74, 6) is 0. The number of rotatable bonds is 17. The summed E-state index contributed by atoms with van der Waals surface area (Å²) in [7, 11) is -21.0. The zero-order valence-corrected chi connectivity index (χ0v) is 38.7. The third-order valence-electron chi connectivity index (χ3n) is 5.37. The lowest BCUT2D eigenvalue weighted by Crippen LogP contribution is -2.62. The largest absolute Gasteiger partial charge is 0.440 e. The predicted molar refractivity (Wildman–Crippen MR) is 186 cm³/mol. The van der Waals surface area contributed by atoms with Crippen LogP contribution in [0.4, 0.5) is 0 Å². The van der Waals surface area contributed by atoms with E-state index in [9.17, 15) is 0 Å². The standard InChI is InChI=1S/C20H62O8Si10/c1-29(2)21-31(5,6)22-32(7,8)23-33(9,10)24-34(11,12)25-35(13,14)26-36(15,16)27-37(17,18)28-38(19,20)30(3)4/h29-30H,1-20H3. The smallest absolute Gasteiger partial charge is 0.314 e. The highest BCUT2D eigenvalue weighted by Crippen LogP contribution is 2.29. The van der Waals surface area contributed by atoms with Crippen molar-refractivity contribution in [2.45, 2.75) is 131 Å². The molecule has 0 aromatic heterocycles. The molecule has 230 valence electrons. The molecule has 0 aromatic carbocycles. The maximum absolute atomic E-state index is 6.72. The van der Waals surface area contributed by atoms with Gasteiger partial charge < -0.3 is 32.9 Å². The molecule has 0 unspecified atom stereocenters. The number of hydrogen-bond acceptors (Lipinski definition) is 8. The highest BCUT2D eigenvalue weighted by atomic mass is 29.2. The second-order valence-electron chi connectivity index (χ2n) is 14.4. The van der Waals surface area contributed by atoms with E-state index in [2.05, 4.69) is 131 Å². The maximum atomic E-state index is 6.72. The van der Waals surface area contributed by atoms with Gasteiger partial charge in [-0.1, -0.05) is 13.1 Å². The van der Waals surface area contributed by atoms with Crippen LogP contribution < -0.4 is 0 Å². The topological polar surface area (TPSA) is 73.8 Å². The van der Waals surface area contributed by atoms with E-state index in [1.54, 1.807) is 0 Å². The first kappa shape index (κ1) is 39.8. The van der Waals surface area contributed by atoms with Crippen molar-refractivity contribution in [1.29, 1.82) is 0 Å². The average Bonchev–Trinajstić information content (AvgIpc) is 2.42. The van der Waals surface area contributed by atoms with E-state index in [0.29, 0.717) is 0 Å². The first-order valence-corrected chi connectivity index (χ1v) is 43.4. The molecule has 0 rings (SSSR count). The summed E-state index contributed by atoms with van der Waals surface area (Å²) in [4.78, 5) is 0. The quantitative estimate of drug-likeness (QED) is 0.153. The van der Waals surface area contributed by atoms with Gasteiger partial charge in [-0.15, -0.1) is 0 Å². The minimum atomic E-state index is -2.58. The van der Waals surface area contributed by atoms with Gasteiger partial charge in [-0.05, 0) is 118 Å². The van der Waals surface area contributed by atoms with Gasteiger partial charge >= 0.3 is 59.9 Å². The first-order valence-electron chi connectivity index (χ1n) is 13.9. The van der Waals surface area contributed by atoms with Gasteiger partial charge in [-0.25, -0.2) is 0 Å². The van der Waals surface area contributed by atoms with Crippen LogP contribution in [0.1, 0.15) is 0 Å². The van der Waals surface area contributed by atoms with Crippen molar-refractivity contribution < 1.29 is 32.9 Å². The molecule has 0 bridgehead atoms. The Morgan fingerprint density at radius 1 is 0.316 bits per heavy atom. The van der Waals surface area contributed by atoms with E-state index < -0.39 is 85.1 Å². The van der Waals surface area contributed by atoms with Crippen LogP contribution in [-0.4, -0.2) is 85.1 Å². The third-order valence-corrected chi connectivity index (χ3v) is 49.4. The van der Waals surface area contributed by atoms with Crippen LogP contribution in [0.3, 0.4) is 0 Å². The summed E-state index contributed by atoms with van der Waals surface area (Å²) in [6, 6.07) is 0. The molecule has 0 aliphatic rings. The summed E-state index contributed by atoms with van der Waals surface area (Å²) in [6.45, 7) is 43.2. The molecule has 0 fully saturated rings. The molecule has 0 spiro atoms. The molecule has 0 aromatic rings. The van der Waals surface area contributed by atoms with Gasteiger partial charge in [0, 0.05) is 0 Å². The molecule has 0 aliphatic carbocycles. The lowest BCUT2D eigenvalue weighted by atomic mass is 11.9. The monoisotopic (exact) mass is 710 g/mol. The van der Waals surface area contributed by atoms with E-state index >= 15 is 0 Å². The maximum Gasteiger partial charge on any atom is 0.314 e. The second-order valence-corrected chi connectivity index (χ2v) is 55.9. The van der Waals surface area contributed by atoms with Crippen molar-refractivity contribution >= 4 is 85.1 Å². The summed E-state index contributed by atoms with van der Waals surface area (Å²) in [5.41, 5.74) is 0. The van der Waals surface area contributed by atoms with E-state index in [0.717, 1.165) is 0 Å². The molecular formula is C20H62O8Si10. The van der Waals surface area contributed by atoms with Crippen LogP contribution in [0.2, 0.25) is 131 Å².